The topological polar surface area (TPSA) is 0 Å². The second kappa shape index (κ2) is 4.35. The van der Waals surface area contributed by atoms with Gasteiger partial charge in [0.25, 0.3) is 0 Å². The number of hydrogen-bond donors (Lipinski definition) is 0. The zero-order valence-electron chi connectivity index (χ0n) is 4.02. The molecule has 0 aliphatic rings. The predicted octanol–water partition coefficient (Wildman–Crippen LogP) is 2.09. The van der Waals surface area contributed by atoms with Gasteiger partial charge in [0.15, 0.2) is 0 Å². The molecule has 0 nitrogen and oxygen atoms in total. The molecule has 0 unspecified atom stereocenters. The van der Waals surface area contributed by atoms with Gasteiger partial charge in [-0.05, 0) is 0 Å². The van der Waals surface area contributed by atoms with Crippen molar-refractivity contribution in [3.63, 3.8) is 0 Å². The molecule has 1 aromatic rings. The Hall–Kier alpha value is 0.456. The van der Waals surface area contributed by atoms with Gasteiger partial charge >= 0.3 is 0 Å². The summed E-state index contributed by atoms with van der Waals surface area (Å²) >= 11 is 2.26. The summed E-state index contributed by atoms with van der Waals surface area (Å²) in [6.45, 7) is 0. The van der Waals surface area contributed by atoms with E-state index in [2.05, 4.69) is 28.7 Å². The first kappa shape index (κ1) is 8.46. The van der Waals surface area contributed by atoms with Crippen LogP contribution in [0.4, 0.5) is 0 Å². The maximum absolute atomic E-state index is 2.93. The van der Waals surface area contributed by atoms with E-state index in [4.69, 9.17) is 0 Å². The minimum absolute atomic E-state index is 0. The molecule has 0 N–H and O–H groups in total. The van der Waals surface area contributed by atoms with Crippen molar-refractivity contribution in [2.45, 2.75) is 0 Å². The van der Waals surface area contributed by atoms with Crippen LogP contribution in [0, 0.1) is 9.64 Å². The molecule has 0 atom stereocenters. The zero-order valence-corrected chi connectivity index (χ0v) is 7.22. The number of rotatable bonds is 0. The molecule has 0 aromatic heterocycles. The molecule has 0 saturated carbocycles. The second-order valence-corrected chi connectivity index (χ2v) is 2.46. The minimum atomic E-state index is 0. The number of halogens is 1. The molecular formula is C6H4CoI-. The summed E-state index contributed by atoms with van der Waals surface area (Å²) in [5.41, 5.74) is 0. The standard InChI is InChI=1S/C6H4I.Co/c7-6-4-2-1-3-5-6;/h2-5H;/q-1;. The van der Waals surface area contributed by atoms with Gasteiger partial charge in [0.05, 0.1) is 0 Å². The fourth-order valence-electron chi connectivity index (χ4n) is 0.367. The van der Waals surface area contributed by atoms with E-state index >= 15 is 0 Å². The maximum atomic E-state index is 2.93. The zero-order chi connectivity index (χ0) is 5.11. The van der Waals surface area contributed by atoms with E-state index in [-0.39, 0.29) is 16.8 Å². The van der Waals surface area contributed by atoms with Crippen LogP contribution in [0.1, 0.15) is 0 Å². The Balaban J connectivity index is 0.000000490. The number of hydrogen-bond acceptors (Lipinski definition) is 0. The van der Waals surface area contributed by atoms with Gasteiger partial charge in [-0.25, -0.2) is 0 Å². The van der Waals surface area contributed by atoms with Gasteiger partial charge in [0, 0.05) is 16.8 Å². The summed E-state index contributed by atoms with van der Waals surface area (Å²) < 4.78 is 1.26. The summed E-state index contributed by atoms with van der Waals surface area (Å²) in [6.07, 6.45) is 0. The van der Waals surface area contributed by atoms with Crippen LogP contribution in [0.5, 0.6) is 0 Å². The molecule has 0 aliphatic heterocycles. The summed E-state index contributed by atoms with van der Waals surface area (Å²) in [5, 5.41) is 0. The molecule has 0 spiro atoms. The van der Waals surface area contributed by atoms with Crippen LogP contribution in [0.2, 0.25) is 0 Å². The van der Waals surface area contributed by atoms with Crippen molar-refractivity contribution >= 4 is 22.6 Å². The van der Waals surface area contributed by atoms with Crippen LogP contribution in [0.25, 0.3) is 0 Å². The van der Waals surface area contributed by atoms with E-state index in [1.165, 1.54) is 3.57 Å². The summed E-state index contributed by atoms with van der Waals surface area (Å²) in [6, 6.07) is 10.8. The van der Waals surface area contributed by atoms with E-state index in [0.29, 0.717) is 0 Å². The molecule has 0 bridgehead atoms. The Morgan fingerprint density at radius 1 is 1.25 bits per heavy atom. The quantitative estimate of drug-likeness (QED) is 0.496. The van der Waals surface area contributed by atoms with Crippen molar-refractivity contribution in [3.8, 4) is 0 Å². The molecular weight excluding hydrogens is 258 g/mol. The third kappa shape index (κ3) is 2.69. The van der Waals surface area contributed by atoms with Gasteiger partial charge < -0.3 is 0 Å². The minimum Gasteiger partial charge on any atom is -0.184 e. The molecule has 0 fully saturated rings. The van der Waals surface area contributed by atoms with Gasteiger partial charge in [-0.2, -0.15) is 30.3 Å². The average molecular weight is 262 g/mol. The molecule has 2 heteroatoms. The molecule has 1 radical (unpaired) electrons. The fraction of sp³-hybridized carbons (Fsp3) is 0. The Kier molecular flexibility index (Phi) is 4.59. The Labute approximate surface area is 73.0 Å². The van der Waals surface area contributed by atoms with Crippen molar-refractivity contribution in [1.29, 1.82) is 0 Å². The first-order valence-corrected chi connectivity index (χ1v) is 3.09. The maximum Gasteiger partial charge on any atom is 0 e. The smallest absolute Gasteiger partial charge is 0 e. The summed E-state index contributed by atoms with van der Waals surface area (Å²) in [7, 11) is 0. The Morgan fingerprint density at radius 2 is 1.75 bits per heavy atom. The van der Waals surface area contributed by atoms with Crippen molar-refractivity contribution < 1.29 is 16.8 Å². The van der Waals surface area contributed by atoms with Crippen LogP contribution in [0.15, 0.2) is 24.3 Å². The number of benzene rings is 1. The Bertz CT molecular complexity index is 138. The molecule has 45 valence electrons. The molecule has 1 aromatic carbocycles. The van der Waals surface area contributed by atoms with Crippen LogP contribution in [-0.4, -0.2) is 0 Å². The van der Waals surface area contributed by atoms with E-state index in [1.807, 2.05) is 24.3 Å². The van der Waals surface area contributed by atoms with Gasteiger partial charge in [-0.15, -0.1) is 0 Å². The van der Waals surface area contributed by atoms with Gasteiger partial charge in [0.1, 0.15) is 0 Å². The normalized spacial score (nSPS) is 7.62. The van der Waals surface area contributed by atoms with E-state index in [9.17, 15) is 0 Å². The fourth-order valence-corrected chi connectivity index (χ4v) is 0.726. The Morgan fingerprint density at radius 3 is 2.00 bits per heavy atom. The van der Waals surface area contributed by atoms with E-state index in [1.54, 1.807) is 0 Å². The van der Waals surface area contributed by atoms with Crippen molar-refractivity contribution in [2.75, 3.05) is 0 Å². The molecule has 0 heterocycles. The van der Waals surface area contributed by atoms with Gasteiger partial charge in [-0.3, -0.25) is 0 Å². The van der Waals surface area contributed by atoms with Crippen molar-refractivity contribution in [1.82, 2.24) is 0 Å². The third-order valence-corrected chi connectivity index (χ3v) is 1.40. The summed E-state index contributed by atoms with van der Waals surface area (Å²) in [4.78, 5) is 0. The molecule has 0 amide bonds. The summed E-state index contributed by atoms with van der Waals surface area (Å²) in [5.74, 6) is 0. The van der Waals surface area contributed by atoms with Crippen LogP contribution < -0.4 is 0 Å². The third-order valence-electron chi connectivity index (χ3n) is 0.678. The second-order valence-electron chi connectivity index (χ2n) is 1.22. The van der Waals surface area contributed by atoms with Gasteiger partial charge in [0.2, 0.25) is 0 Å². The van der Waals surface area contributed by atoms with Crippen molar-refractivity contribution in [3.05, 3.63) is 33.9 Å². The largest absolute Gasteiger partial charge is 0.184 e. The van der Waals surface area contributed by atoms with Crippen LogP contribution in [-0.2, 0) is 16.8 Å². The van der Waals surface area contributed by atoms with Gasteiger partial charge in [-0.1, -0.05) is 26.2 Å². The first-order valence-electron chi connectivity index (χ1n) is 2.01. The SMILES string of the molecule is Ic1cc[c-]cc1.[Co]. The first-order chi connectivity index (χ1) is 3.39. The average Bonchev–Trinajstić information content (AvgIpc) is 1.69. The van der Waals surface area contributed by atoms with Crippen molar-refractivity contribution in [2.24, 2.45) is 0 Å². The van der Waals surface area contributed by atoms with E-state index < -0.39 is 0 Å². The van der Waals surface area contributed by atoms with Crippen LogP contribution >= 0.6 is 22.6 Å². The van der Waals surface area contributed by atoms with Crippen LogP contribution in [0.3, 0.4) is 0 Å². The molecule has 1 rings (SSSR count). The predicted molar refractivity (Wildman–Crippen MR) is 38.0 cm³/mol. The van der Waals surface area contributed by atoms with E-state index in [0.717, 1.165) is 0 Å². The molecule has 0 aliphatic carbocycles. The monoisotopic (exact) mass is 262 g/mol. The molecule has 8 heavy (non-hydrogen) atoms. The molecule has 0 saturated heterocycles.